The fourth-order valence-corrected chi connectivity index (χ4v) is 3.39. The molecule has 0 spiro atoms. The average molecular weight is 361 g/mol. The maximum absolute atomic E-state index is 13.1. The Bertz CT molecular complexity index is 707. The number of hydrogen-bond acceptors (Lipinski definition) is 2. The lowest BCUT2D eigenvalue weighted by molar-refractivity contribution is 0.625. The van der Waals surface area contributed by atoms with E-state index in [0.717, 1.165) is 11.1 Å². The SMILES string of the molecule is CN=C(NCCc1cccc(F)c1)NCCS(=O)Cc1ccccc1. The van der Waals surface area contributed by atoms with Crippen molar-refractivity contribution in [2.45, 2.75) is 12.2 Å². The van der Waals surface area contributed by atoms with Gasteiger partial charge in [-0.1, -0.05) is 42.5 Å². The van der Waals surface area contributed by atoms with Crippen molar-refractivity contribution in [1.29, 1.82) is 0 Å². The summed E-state index contributed by atoms with van der Waals surface area (Å²) in [4.78, 5) is 4.14. The zero-order valence-corrected chi connectivity index (χ0v) is 15.2. The fraction of sp³-hybridized carbons (Fsp3) is 0.316. The van der Waals surface area contributed by atoms with Gasteiger partial charge in [0, 0.05) is 42.4 Å². The Labute approximate surface area is 151 Å². The van der Waals surface area contributed by atoms with Crippen LogP contribution in [-0.4, -0.2) is 36.1 Å². The summed E-state index contributed by atoms with van der Waals surface area (Å²) < 4.78 is 25.2. The third-order valence-corrected chi connectivity index (χ3v) is 4.93. The van der Waals surface area contributed by atoms with E-state index in [0.29, 0.717) is 37.0 Å². The van der Waals surface area contributed by atoms with Crippen molar-refractivity contribution in [2.24, 2.45) is 4.99 Å². The molecule has 0 heterocycles. The van der Waals surface area contributed by atoms with Gasteiger partial charge < -0.3 is 10.6 Å². The highest BCUT2D eigenvalue weighted by Gasteiger charge is 2.03. The summed E-state index contributed by atoms with van der Waals surface area (Å²) in [6.07, 6.45) is 0.707. The first-order valence-corrected chi connectivity index (χ1v) is 9.74. The van der Waals surface area contributed by atoms with Crippen LogP contribution < -0.4 is 10.6 Å². The van der Waals surface area contributed by atoms with Gasteiger partial charge >= 0.3 is 0 Å². The van der Waals surface area contributed by atoms with E-state index in [1.807, 2.05) is 36.4 Å². The number of benzene rings is 2. The molecule has 0 aliphatic heterocycles. The molecule has 0 amide bonds. The van der Waals surface area contributed by atoms with Gasteiger partial charge in [0.25, 0.3) is 0 Å². The fourth-order valence-electron chi connectivity index (χ4n) is 2.35. The Hall–Kier alpha value is -2.21. The molecule has 0 saturated carbocycles. The van der Waals surface area contributed by atoms with Gasteiger partial charge in [-0.2, -0.15) is 0 Å². The van der Waals surface area contributed by atoms with Crippen molar-refractivity contribution in [3.63, 3.8) is 0 Å². The highest BCUT2D eigenvalue weighted by molar-refractivity contribution is 7.84. The van der Waals surface area contributed by atoms with Crippen LogP contribution in [0, 0.1) is 5.82 Å². The molecule has 2 N–H and O–H groups in total. The lowest BCUT2D eigenvalue weighted by atomic mass is 10.1. The van der Waals surface area contributed by atoms with Gasteiger partial charge in [0.05, 0.1) is 0 Å². The van der Waals surface area contributed by atoms with Gasteiger partial charge in [-0.05, 0) is 29.7 Å². The van der Waals surface area contributed by atoms with Crippen molar-refractivity contribution in [1.82, 2.24) is 10.6 Å². The predicted molar refractivity (Wildman–Crippen MR) is 103 cm³/mol. The average Bonchev–Trinajstić information content (AvgIpc) is 2.61. The zero-order chi connectivity index (χ0) is 17.9. The first kappa shape index (κ1) is 19.1. The van der Waals surface area contributed by atoms with Crippen LogP contribution in [-0.2, 0) is 23.0 Å². The third-order valence-electron chi connectivity index (χ3n) is 3.61. The van der Waals surface area contributed by atoms with Crippen LogP contribution in [0.2, 0.25) is 0 Å². The molecule has 25 heavy (non-hydrogen) atoms. The number of nitrogens with zero attached hydrogens (tertiary/aromatic N) is 1. The molecule has 4 nitrogen and oxygen atoms in total. The number of hydrogen-bond donors (Lipinski definition) is 2. The van der Waals surface area contributed by atoms with Gasteiger partial charge in [-0.3, -0.25) is 9.20 Å². The van der Waals surface area contributed by atoms with E-state index in [2.05, 4.69) is 15.6 Å². The van der Waals surface area contributed by atoms with Gasteiger partial charge in [0.15, 0.2) is 5.96 Å². The monoisotopic (exact) mass is 361 g/mol. The van der Waals surface area contributed by atoms with E-state index in [4.69, 9.17) is 0 Å². The Morgan fingerprint density at radius 3 is 2.48 bits per heavy atom. The number of aliphatic imine (C=N–C) groups is 1. The highest BCUT2D eigenvalue weighted by atomic mass is 32.2. The maximum Gasteiger partial charge on any atom is 0.191 e. The van der Waals surface area contributed by atoms with E-state index < -0.39 is 10.8 Å². The molecule has 0 bridgehead atoms. The van der Waals surface area contributed by atoms with Crippen molar-refractivity contribution in [3.05, 3.63) is 71.5 Å². The number of guanidine groups is 1. The van der Waals surface area contributed by atoms with Crippen LogP contribution in [0.3, 0.4) is 0 Å². The van der Waals surface area contributed by atoms with Crippen molar-refractivity contribution < 1.29 is 8.60 Å². The minimum Gasteiger partial charge on any atom is -0.356 e. The van der Waals surface area contributed by atoms with Crippen LogP contribution in [0.5, 0.6) is 0 Å². The molecule has 2 rings (SSSR count). The molecule has 0 aliphatic rings. The molecule has 0 saturated heterocycles. The van der Waals surface area contributed by atoms with Crippen LogP contribution in [0.4, 0.5) is 4.39 Å². The minimum atomic E-state index is -0.914. The van der Waals surface area contributed by atoms with Crippen LogP contribution in [0.15, 0.2) is 59.6 Å². The summed E-state index contributed by atoms with van der Waals surface area (Å²) in [6, 6.07) is 16.4. The summed E-state index contributed by atoms with van der Waals surface area (Å²) >= 11 is 0. The normalized spacial score (nSPS) is 12.6. The maximum atomic E-state index is 13.1. The van der Waals surface area contributed by atoms with Crippen LogP contribution in [0.25, 0.3) is 0 Å². The van der Waals surface area contributed by atoms with Gasteiger partial charge in [-0.15, -0.1) is 0 Å². The van der Waals surface area contributed by atoms with Crippen LogP contribution in [0.1, 0.15) is 11.1 Å². The summed E-state index contributed by atoms with van der Waals surface area (Å²) in [5.41, 5.74) is 2.02. The number of rotatable bonds is 8. The van der Waals surface area contributed by atoms with E-state index in [1.54, 1.807) is 13.1 Å². The Balaban J connectivity index is 1.65. The molecule has 6 heteroatoms. The molecule has 2 aromatic rings. The number of halogens is 1. The third kappa shape index (κ3) is 7.47. The highest BCUT2D eigenvalue weighted by Crippen LogP contribution is 2.04. The summed E-state index contributed by atoms with van der Waals surface area (Å²) in [5.74, 6) is 1.56. The first-order valence-electron chi connectivity index (χ1n) is 8.25. The van der Waals surface area contributed by atoms with Gasteiger partial charge in [0.2, 0.25) is 0 Å². The standard InChI is InChI=1S/C19H24FN3OS/c1-21-19(22-11-10-16-8-5-9-18(20)14-16)23-12-13-25(24)15-17-6-3-2-4-7-17/h2-9,14H,10-13,15H2,1H3,(H2,21,22,23). The van der Waals surface area contributed by atoms with Crippen molar-refractivity contribution in [3.8, 4) is 0 Å². The predicted octanol–water partition coefficient (Wildman–Crippen LogP) is 2.48. The molecule has 2 aromatic carbocycles. The van der Waals surface area contributed by atoms with E-state index in [-0.39, 0.29) is 5.82 Å². The van der Waals surface area contributed by atoms with E-state index >= 15 is 0 Å². The second kappa shape index (κ2) is 10.6. The first-order chi connectivity index (χ1) is 12.2. The van der Waals surface area contributed by atoms with E-state index in [1.165, 1.54) is 12.1 Å². The largest absolute Gasteiger partial charge is 0.356 e. The van der Waals surface area contributed by atoms with Crippen LogP contribution >= 0.6 is 0 Å². The lowest BCUT2D eigenvalue weighted by Gasteiger charge is -2.12. The smallest absolute Gasteiger partial charge is 0.191 e. The Morgan fingerprint density at radius 1 is 1.04 bits per heavy atom. The summed E-state index contributed by atoms with van der Waals surface area (Å²) in [5, 5.41) is 6.33. The van der Waals surface area contributed by atoms with Crippen molar-refractivity contribution in [2.75, 3.05) is 25.9 Å². The summed E-state index contributed by atoms with van der Waals surface area (Å²) in [6.45, 7) is 1.23. The molecule has 0 aliphatic carbocycles. The molecule has 134 valence electrons. The quantitative estimate of drug-likeness (QED) is 0.561. The Morgan fingerprint density at radius 2 is 1.76 bits per heavy atom. The molecule has 0 radical (unpaired) electrons. The van der Waals surface area contributed by atoms with E-state index in [9.17, 15) is 8.60 Å². The van der Waals surface area contributed by atoms with Crippen molar-refractivity contribution >= 4 is 16.8 Å². The topological polar surface area (TPSA) is 53.5 Å². The van der Waals surface area contributed by atoms with Gasteiger partial charge in [-0.25, -0.2) is 4.39 Å². The second-order valence-electron chi connectivity index (χ2n) is 5.58. The molecule has 0 aromatic heterocycles. The van der Waals surface area contributed by atoms with Gasteiger partial charge in [0.1, 0.15) is 5.82 Å². The zero-order valence-electron chi connectivity index (χ0n) is 14.4. The Kier molecular flexibility index (Phi) is 8.12. The molecule has 1 unspecified atom stereocenters. The second-order valence-corrected chi connectivity index (χ2v) is 7.16. The lowest BCUT2D eigenvalue weighted by Crippen LogP contribution is -2.40. The molecule has 0 fully saturated rings. The minimum absolute atomic E-state index is 0.221. The molecular formula is C19H24FN3OS. The number of nitrogens with one attached hydrogen (secondary N) is 2. The molecule has 1 atom stereocenters. The molecular weight excluding hydrogens is 337 g/mol. The summed E-state index contributed by atoms with van der Waals surface area (Å²) in [7, 11) is 0.778.